The second kappa shape index (κ2) is 7.89. The van der Waals surface area contributed by atoms with Crippen molar-refractivity contribution >= 4 is 15.9 Å². The summed E-state index contributed by atoms with van der Waals surface area (Å²) in [6, 6.07) is 8.65. The van der Waals surface area contributed by atoms with Gasteiger partial charge in [-0.1, -0.05) is 12.1 Å². The molecule has 2 amide bonds. The number of urea groups is 1. The Balaban J connectivity index is 1.34. The molecule has 0 spiro atoms. The van der Waals surface area contributed by atoms with Crippen LogP contribution in [0.4, 0.5) is 4.79 Å². The van der Waals surface area contributed by atoms with Crippen LogP contribution in [-0.4, -0.2) is 42.7 Å². The first-order chi connectivity index (χ1) is 13.5. The first kappa shape index (κ1) is 18.9. The molecule has 7 nitrogen and oxygen atoms in total. The van der Waals surface area contributed by atoms with Crippen LogP contribution in [0.1, 0.15) is 29.5 Å². The van der Waals surface area contributed by atoms with Gasteiger partial charge in [-0.2, -0.15) is 0 Å². The molecule has 28 heavy (non-hydrogen) atoms. The molecule has 4 rings (SSSR count). The van der Waals surface area contributed by atoms with Gasteiger partial charge in [0.1, 0.15) is 0 Å². The number of hydrogen-bond donors (Lipinski definition) is 2. The maximum absolute atomic E-state index is 12.7. The molecule has 0 atom stereocenters. The van der Waals surface area contributed by atoms with Gasteiger partial charge in [-0.25, -0.2) is 13.2 Å². The van der Waals surface area contributed by atoms with E-state index >= 15 is 0 Å². The fourth-order valence-electron chi connectivity index (χ4n) is 3.75. The van der Waals surface area contributed by atoms with Gasteiger partial charge in [-0.3, -0.25) is 4.98 Å². The highest BCUT2D eigenvalue weighted by molar-refractivity contribution is 7.92. The molecule has 148 valence electrons. The Morgan fingerprint density at radius 1 is 1.11 bits per heavy atom. The van der Waals surface area contributed by atoms with Gasteiger partial charge in [0.2, 0.25) is 0 Å². The zero-order valence-electron chi connectivity index (χ0n) is 15.6. The number of nitrogens with one attached hydrogen (secondary N) is 2. The maximum Gasteiger partial charge on any atom is 0.318 e. The highest BCUT2D eigenvalue weighted by atomic mass is 32.2. The molecule has 0 radical (unpaired) electrons. The predicted molar refractivity (Wildman–Crippen MR) is 105 cm³/mol. The summed E-state index contributed by atoms with van der Waals surface area (Å²) < 4.78 is 25.5. The third-order valence-electron chi connectivity index (χ3n) is 5.43. The Kier molecular flexibility index (Phi) is 5.32. The summed E-state index contributed by atoms with van der Waals surface area (Å²) in [5.74, 6) is 0. The zero-order valence-corrected chi connectivity index (χ0v) is 16.4. The molecule has 2 aromatic rings. The van der Waals surface area contributed by atoms with E-state index in [0.29, 0.717) is 37.4 Å². The lowest BCUT2D eigenvalue weighted by atomic mass is 10.2. The largest absolute Gasteiger partial charge is 0.334 e. The van der Waals surface area contributed by atoms with Crippen molar-refractivity contribution in [2.75, 3.05) is 13.1 Å². The van der Waals surface area contributed by atoms with Crippen molar-refractivity contribution in [1.29, 1.82) is 0 Å². The van der Waals surface area contributed by atoms with Gasteiger partial charge in [0.15, 0.2) is 9.84 Å². The minimum atomic E-state index is -3.30. The Labute approximate surface area is 165 Å². The Morgan fingerprint density at radius 2 is 1.82 bits per heavy atom. The van der Waals surface area contributed by atoms with Crippen molar-refractivity contribution in [3.05, 3.63) is 59.4 Å². The zero-order chi connectivity index (χ0) is 19.6. The highest BCUT2D eigenvalue weighted by Gasteiger charge is 2.28. The van der Waals surface area contributed by atoms with Crippen LogP contribution in [0, 0.1) is 0 Å². The number of aromatic nitrogens is 1. The Hall–Kier alpha value is -2.45. The van der Waals surface area contributed by atoms with Crippen LogP contribution in [0.2, 0.25) is 0 Å². The molecule has 1 aromatic carbocycles. The third kappa shape index (κ3) is 3.88. The molecular formula is C20H24N4O3S. The average Bonchev–Trinajstić information content (AvgIpc) is 3.17. The molecule has 3 heterocycles. The van der Waals surface area contributed by atoms with Crippen molar-refractivity contribution in [3.8, 4) is 0 Å². The second-order valence-corrected chi connectivity index (χ2v) is 9.53. The standard InChI is InChI=1S/C20H24N4O3S/c25-20(24-13-16-5-8-22-12-17(16)14-24)23-11-15-1-3-18(4-2-15)28(26,27)19-6-9-21-10-7-19/h1-5,8,12,19,21H,6-7,9-11,13-14H2,(H,23,25). The molecule has 1 aromatic heterocycles. The van der Waals surface area contributed by atoms with Gasteiger partial charge >= 0.3 is 6.03 Å². The number of piperidine rings is 1. The van der Waals surface area contributed by atoms with Crippen molar-refractivity contribution < 1.29 is 13.2 Å². The van der Waals surface area contributed by atoms with Crippen LogP contribution < -0.4 is 10.6 Å². The van der Waals surface area contributed by atoms with E-state index in [9.17, 15) is 13.2 Å². The van der Waals surface area contributed by atoms with E-state index in [4.69, 9.17) is 0 Å². The first-order valence-electron chi connectivity index (χ1n) is 9.52. The molecule has 0 bridgehead atoms. The second-order valence-electron chi connectivity index (χ2n) is 7.30. The number of fused-ring (bicyclic) bond motifs is 1. The summed E-state index contributed by atoms with van der Waals surface area (Å²) in [5, 5.41) is 5.78. The molecule has 0 saturated carbocycles. The van der Waals surface area contributed by atoms with Crippen LogP contribution in [0.15, 0.2) is 47.6 Å². The number of amides is 2. The number of carbonyl (C=O) groups excluding carboxylic acids is 1. The molecule has 2 aliphatic heterocycles. The fraction of sp³-hybridized carbons (Fsp3) is 0.400. The predicted octanol–water partition coefficient (Wildman–Crippen LogP) is 1.83. The van der Waals surface area contributed by atoms with Crippen molar-refractivity contribution in [2.45, 2.75) is 42.6 Å². The fourth-order valence-corrected chi connectivity index (χ4v) is 5.50. The lowest BCUT2D eigenvalue weighted by molar-refractivity contribution is 0.198. The molecule has 1 saturated heterocycles. The minimum Gasteiger partial charge on any atom is -0.334 e. The van der Waals surface area contributed by atoms with Crippen molar-refractivity contribution in [3.63, 3.8) is 0 Å². The lowest BCUT2D eigenvalue weighted by Gasteiger charge is -2.22. The monoisotopic (exact) mass is 400 g/mol. The highest BCUT2D eigenvalue weighted by Crippen LogP contribution is 2.23. The van der Waals surface area contributed by atoms with E-state index in [1.807, 2.05) is 6.07 Å². The van der Waals surface area contributed by atoms with Crippen LogP contribution in [-0.2, 0) is 29.5 Å². The summed E-state index contributed by atoms with van der Waals surface area (Å²) >= 11 is 0. The number of benzene rings is 1. The molecular weight excluding hydrogens is 376 g/mol. The number of nitrogens with zero attached hydrogens (tertiary/aromatic N) is 2. The van der Waals surface area contributed by atoms with Gasteiger partial charge in [0, 0.05) is 32.0 Å². The average molecular weight is 401 g/mol. The van der Waals surface area contributed by atoms with Crippen LogP contribution in [0.3, 0.4) is 0 Å². The normalized spacial score (nSPS) is 17.4. The third-order valence-corrected chi connectivity index (χ3v) is 7.71. The van der Waals surface area contributed by atoms with E-state index in [-0.39, 0.29) is 11.3 Å². The Bertz CT molecular complexity index is 929. The number of carbonyl (C=O) groups is 1. The van der Waals surface area contributed by atoms with E-state index in [1.54, 1.807) is 41.6 Å². The summed E-state index contributed by atoms with van der Waals surface area (Å²) in [6.07, 6.45) is 4.83. The van der Waals surface area contributed by atoms with E-state index < -0.39 is 9.84 Å². The molecule has 0 aliphatic carbocycles. The first-order valence-corrected chi connectivity index (χ1v) is 11.1. The number of sulfone groups is 1. The molecule has 2 N–H and O–H groups in total. The maximum atomic E-state index is 12.7. The lowest BCUT2D eigenvalue weighted by Crippen LogP contribution is -2.36. The van der Waals surface area contributed by atoms with Gasteiger partial charge in [-0.05, 0) is 60.8 Å². The Morgan fingerprint density at radius 3 is 2.54 bits per heavy atom. The van der Waals surface area contributed by atoms with Gasteiger partial charge in [0.25, 0.3) is 0 Å². The van der Waals surface area contributed by atoms with Gasteiger partial charge in [0.05, 0.1) is 10.1 Å². The number of pyridine rings is 1. The summed E-state index contributed by atoms with van der Waals surface area (Å²) in [5.41, 5.74) is 3.07. The van der Waals surface area contributed by atoms with E-state index in [1.165, 1.54) is 0 Å². The summed E-state index contributed by atoms with van der Waals surface area (Å²) in [7, 11) is -3.30. The molecule has 1 fully saturated rings. The van der Waals surface area contributed by atoms with Crippen molar-refractivity contribution in [1.82, 2.24) is 20.5 Å². The smallest absolute Gasteiger partial charge is 0.318 e. The number of hydrogen-bond acceptors (Lipinski definition) is 5. The van der Waals surface area contributed by atoms with E-state index in [0.717, 1.165) is 29.8 Å². The quantitative estimate of drug-likeness (QED) is 0.817. The summed E-state index contributed by atoms with van der Waals surface area (Å²) in [4.78, 5) is 18.6. The van der Waals surface area contributed by atoms with Crippen LogP contribution in [0.5, 0.6) is 0 Å². The van der Waals surface area contributed by atoms with Crippen LogP contribution >= 0.6 is 0 Å². The van der Waals surface area contributed by atoms with Crippen LogP contribution in [0.25, 0.3) is 0 Å². The summed E-state index contributed by atoms with van der Waals surface area (Å²) in [6.45, 7) is 2.98. The van der Waals surface area contributed by atoms with Crippen molar-refractivity contribution in [2.24, 2.45) is 0 Å². The minimum absolute atomic E-state index is 0.136. The van der Waals surface area contributed by atoms with Gasteiger partial charge < -0.3 is 15.5 Å². The molecule has 0 unspecified atom stereocenters. The SMILES string of the molecule is O=C(NCc1ccc(S(=O)(=O)C2CCNCC2)cc1)N1Cc2ccncc2C1. The topological polar surface area (TPSA) is 91.4 Å². The van der Waals surface area contributed by atoms with Gasteiger partial charge in [-0.15, -0.1) is 0 Å². The molecule has 2 aliphatic rings. The molecule has 8 heteroatoms. The van der Waals surface area contributed by atoms with E-state index in [2.05, 4.69) is 15.6 Å². The number of rotatable bonds is 4.